The third kappa shape index (κ3) is 0.421. The molecular formula is C4H5FO. The maximum Gasteiger partial charge on any atom is 0.126 e. The van der Waals surface area contributed by atoms with Crippen LogP contribution in [0, 0.1) is 5.92 Å². The van der Waals surface area contributed by atoms with Crippen LogP contribution in [-0.4, -0.2) is 12.5 Å². The summed E-state index contributed by atoms with van der Waals surface area (Å²) in [6.07, 6.45) is 0.330. The highest BCUT2D eigenvalue weighted by Gasteiger charge is 2.36. The van der Waals surface area contributed by atoms with Crippen molar-refractivity contribution in [3.63, 3.8) is 0 Å². The van der Waals surface area contributed by atoms with Crippen molar-refractivity contribution < 1.29 is 9.18 Å². The van der Waals surface area contributed by atoms with E-state index >= 15 is 0 Å². The van der Waals surface area contributed by atoms with E-state index in [1.54, 1.807) is 0 Å². The molecular weight excluding hydrogens is 83.0 g/mol. The van der Waals surface area contributed by atoms with E-state index in [2.05, 4.69) is 0 Å². The standard InChI is InChI=1S/C4H5FO/c5-4-1-3(4)2-6/h2-4H,1H2. The molecule has 1 aliphatic rings. The Balaban J connectivity index is 2.25. The van der Waals surface area contributed by atoms with Crippen LogP contribution in [0.2, 0.25) is 0 Å². The van der Waals surface area contributed by atoms with Crippen LogP contribution in [0.4, 0.5) is 4.39 Å². The van der Waals surface area contributed by atoms with Crippen LogP contribution >= 0.6 is 0 Å². The first-order valence-corrected chi connectivity index (χ1v) is 1.94. The van der Waals surface area contributed by atoms with E-state index in [1.807, 2.05) is 0 Å². The smallest absolute Gasteiger partial charge is 0.126 e. The molecule has 34 valence electrons. The highest BCUT2D eigenvalue weighted by atomic mass is 19.1. The van der Waals surface area contributed by atoms with Crippen LogP contribution in [0.1, 0.15) is 6.42 Å². The molecule has 1 aliphatic carbocycles. The van der Waals surface area contributed by atoms with E-state index in [0.29, 0.717) is 12.7 Å². The van der Waals surface area contributed by atoms with E-state index in [1.165, 1.54) is 0 Å². The number of hydrogen-bond acceptors (Lipinski definition) is 1. The molecule has 2 unspecified atom stereocenters. The molecule has 2 atom stereocenters. The zero-order valence-corrected chi connectivity index (χ0v) is 3.23. The average Bonchev–Trinajstić information content (AvgIpc) is 2.19. The molecule has 1 fully saturated rings. The summed E-state index contributed by atoms with van der Waals surface area (Å²) in [6.45, 7) is 0. The van der Waals surface area contributed by atoms with Crippen molar-refractivity contribution in [3.05, 3.63) is 0 Å². The highest BCUT2D eigenvalue weighted by Crippen LogP contribution is 2.30. The van der Waals surface area contributed by atoms with Gasteiger partial charge in [-0.2, -0.15) is 0 Å². The summed E-state index contributed by atoms with van der Waals surface area (Å²) in [5.41, 5.74) is 0. The Morgan fingerprint density at radius 2 is 2.33 bits per heavy atom. The van der Waals surface area contributed by atoms with Gasteiger partial charge in [-0.25, -0.2) is 4.39 Å². The van der Waals surface area contributed by atoms with Crippen LogP contribution in [0.25, 0.3) is 0 Å². The van der Waals surface area contributed by atoms with Gasteiger partial charge in [0.1, 0.15) is 12.5 Å². The first-order chi connectivity index (χ1) is 2.84. The Labute approximate surface area is 35.2 Å². The van der Waals surface area contributed by atoms with Gasteiger partial charge in [-0.3, -0.25) is 0 Å². The second kappa shape index (κ2) is 1.03. The Bertz CT molecular complexity index is 71.9. The minimum Gasteiger partial charge on any atom is -0.303 e. The Hall–Kier alpha value is -0.400. The van der Waals surface area contributed by atoms with E-state index in [-0.39, 0.29) is 5.92 Å². The fraction of sp³-hybridized carbons (Fsp3) is 0.750. The van der Waals surface area contributed by atoms with Crippen molar-refractivity contribution in [1.82, 2.24) is 0 Å². The van der Waals surface area contributed by atoms with Gasteiger partial charge in [0, 0.05) is 5.92 Å². The second-order valence-electron chi connectivity index (χ2n) is 1.55. The summed E-state index contributed by atoms with van der Waals surface area (Å²) < 4.78 is 11.5. The number of halogens is 1. The molecule has 1 rings (SSSR count). The van der Waals surface area contributed by atoms with Crippen LogP contribution in [0.15, 0.2) is 0 Å². The lowest BCUT2D eigenvalue weighted by Crippen LogP contribution is -1.76. The van der Waals surface area contributed by atoms with E-state index < -0.39 is 6.17 Å². The van der Waals surface area contributed by atoms with Gasteiger partial charge >= 0.3 is 0 Å². The minimum absolute atomic E-state index is 0.245. The van der Waals surface area contributed by atoms with E-state index in [0.717, 1.165) is 0 Å². The molecule has 0 heterocycles. The summed E-state index contributed by atoms with van der Waals surface area (Å²) in [5.74, 6) is -0.245. The molecule has 1 nitrogen and oxygen atoms in total. The normalized spacial score (nSPS) is 42.2. The fourth-order valence-electron chi connectivity index (χ4n) is 0.322. The largest absolute Gasteiger partial charge is 0.303 e. The summed E-state index contributed by atoms with van der Waals surface area (Å²) in [6, 6.07) is 0. The van der Waals surface area contributed by atoms with Gasteiger partial charge in [-0.05, 0) is 6.42 Å². The maximum absolute atomic E-state index is 11.5. The molecule has 0 aromatic heterocycles. The van der Waals surface area contributed by atoms with Gasteiger partial charge in [0.2, 0.25) is 0 Å². The molecule has 6 heavy (non-hydrogen) atoms. The van der Waals surface area contributed by atoms with Crippen molar-refractivity contribution in [2.24, 2.45) is 5.92 Å². The van der Waals surface area contributed by atoms with Crippen LogP contribution in [-0.2, 0) is 4.79 Å². The van der Waals surface area contributed by atoms with Crippen molar-refractivity contribution in [2.45, 2.75) is 12.6 Å². The third-order valence-corrected chi connectivity index (χ3v) is 0.934. The van der Waals surface area contributed by atoms with E-state index in [4.69, 9.17) is 0 Å². The molecule has 0 radical (unpaired) electrons. The summed E-state index contributed by atoms with van der Waals surface area (Å²) in [4.78, 5) is 9.54. The maximum atomic E-state index is 11.5. The number of aldehydes is 1. The average molecular weight is 88.1 g/mol. The Morgan fingerprint density at radius 3 is 2.33 bits per heavy atom. The molecule has 2 heteroatoms. The lowest BCUT2D eigenvalue weighted by molar-refractivity contribution is -0.109. The minimum atomic E-state index is -0.803. The lowest BCUT2D eigenvalue weighted by atomic mass is 10.5. The lowest BCUT2D eigenvalue weighted by Gasteiger charge is -1.64. The second-order valence-corrected chi connectivity index (χ2v) is 1.55. The van der Waals surface area contributed by atoms with Crippen LogP contribution in [0.3, 0.4) is 0 Å². The van der Waals surface area contributed by atoms with Gasteiger partial charge in [0.15, 0.2) is 0 Å². The van der Waals surface area contributed by atoms with Crippen molar-refractivity contribution in [1.29, 1.82) is 0 Å². The van der Waals surface area contributed by atoms with E-state index in [9.17, 15) is 9.18 Å². The van der Waals surface area contributed by atoms with Gasteiger partial charge in [-0.15, -0.1) is 0 Å². The Morgan fingerprint density at radius 1 is 1.83 bits per heavy atom. The first kappa shape index (κ1) is 3.78. The van der Waals surface area contributed by atoms with Crippen molar-refractivity contribution >= 4 is 6.29 Å². The van der Waals surface area contributed by atoms with Crippen molar-refractivity contribution in [3.8, 4) is 0 Å². The molecule has 0 amide bonds. The number of carbonyl (C=O) groups is 1. The number of carbonyl (C=O) groups excluding carboxylic acids is 1. The van der Waals surface area contributed by atoms with Crippen LogP contribution < -0.4 is 0 Å². The van der Waals surface area contributed by atoms with Crippen molar-refractivity contribution in [2.75, 3.05) is 0 Å². The summed E-state index contributed by atoms with van der Waals surface area (Å²) in [7, 11) is 0. The Kier molecular flexibility index (Phi) is 0.650. The predicted molar refractivity (Wildman–Crippen MR) is 19.1 cm³/mol. The monoisotopic (exact) mass is 88.0 g/mol. The number of alkyl halides is 1. The SMILES string of the molecule is O=CC1CC1F. The molecule has 0 aromatic rings. The molecule has 0 spiro atoms. The molecule has 1 saturated carbocycles. The summed E-state index contributed by atoms with van der Waals surface area (Å²) >= 11 is 0. The molecule has 0 bridgehead atoms. The summed E-state index contributed by atoms with van der Waals surface area (Å²) in [5, 5.41) is 0. The highest BCUT2D eigenvalue weighted by molar-refractivity contribution is 5.58. The van der Waals surface area contributed by atoms with Gasteiger partial charge in [-0.1, -0.05) is 0 Å². The topological polar surface area (TPSA) is 17.1 Å². The molecule has 0 saturated heterocycles. The molecule has 0 N–H and O–H groups in total. The number of rotatable bonds is 1. The fourth-order valence-corrected chi connectivity index (χ4v) is 0.322. The molecule has 0 aromatic carbocycles. The quantitative estimate of drug-likeness (QED) is 0.427. The first-order valence-electron chi connectivity index (χ1n) is 1.94. The van der Waals surface area contributed by atoms with Crippen LogP contribution in [0.5, 0.6) is 0 Å². The zero-order valence-electron chi connectivity index (χ0n) is 3.23. The predicted octanol–water partition coefficient (Wildman–Crippen LogP) is 0.543. The van der Waals surface area contributed by atoms with Gasteiger partial charge in [0.05, 0.1) is 0 Å². The van der Waals surface area contributed by atoms with Gasteiger partial charge in [0.25, 0.3) is 0 Å². The van der Waals surface area contributed by atoms with Gasteiger partial charge < -0.3 is 4.79 Å². The molecule has 0 aliphatic heterocycles. The third-order valence-electron chi connectivity index (χ3n) is 0.934. The zero-order chi connectivity index (χ0) is 4.57. The number of hydrogen-bond donors (Lipinski definition) is 0.